The normalized spacial score (nSPS) is 8.67. The van der Waals surface area contributed by atoms with E-state index in [0.29, 0.717) is 5.56 Å². The summed E-state index contributed by atoms with van der Waals surface area (Å²) in [7, 11) is 1.30. The SMILES string of the molecule is [C-]#[N+]c1ccc(C(=O)OC)cn1. The predicted octanol–water partition coefficient (Wildman–Crippen LogP) is 1.42. The Bertz CT molecular complexity index is 324. The fourth-order valence-corrected chi connectivity index (χ4v) is 0.691. The van der Waals surface area contributed by atoms with Crippen LogP contribution >= 0.6 is 0 Å². The standard InChI is InChI=1S/C8H6N2O2/c1-9-7-4-3-6(5-10-7)8(11)12-2/h3-5H,2H3. The quantitative estimate of drug-likeness (QED) is 0.463. The van der Waals surface area contributed by atoms with Gasteiger partial charge in [-0.15, -0.1) is 4.98 Å². The van der Waals surface area contributed by atoms with Crippen molar-refractivity contribution in [2.75, 3.05) is 7.11 Å². The molecule has 0 saturated heterocycles. The van der Waals surface area contributed by atoms with Gasteiger partial charge >= 0.3 is 5.97 Å². The van der Waals surface area contributed by atoms with Gasteiger partial charge in [0, 0.05) is 0 Å². The topological polar surface area (TPSA) is 43.5 Å². The lowest BCUT2D eigenvalue weighted by atomic mass is 10.3. The summed E-state index contributed by atoms with van der Waals surface area (Å²) in [4.78, 5) is 17.7. The molecule has 1 rings (SSSR count). The third-order valence-electron chi connectivity index (χ3n) is 1.28. The number of esters is 1. The largest absolute Gasteiger partial charge is 0.465 e. The molecule has 0 aromatic carbocycles. The lowest BCUT2D eigenvalue weighted by molar-refractivity contribution is 0.0600. The van der Waals surface area contributed by atoms with Crippen molar-refractivity contribution in [3.63, 3.8) is 0 Å². The minimum atomic E-state index is -0.445. The van der Waals surface area contributed by atoms with Gasteiger partial charge in [0.2, 0.25) is 0 Å². The summed E-state index contributed by atoms with van der Waals surface area (Å²) in [5.41, 5.74) is 0.352. The highest BCUT2D eigenvalue weighted by molar-refractivity contribution is 5.89. The average molecular weight is 162 g/mol. The third kappa shape index (κ3) is 1.58. The van der Waals surface area contributed by atoms with E-state index in [0.717, 1.165) is 0 Å². The molecule has 0 saturated carbocycles. The summed E-state index contributed by atoms with van der Waals surface area (Å²) < 4.78 is 4.45. The highest BCUT2D eigenvalue weighted by Gasteiger charge is 2.06. The van der Waals surface area contributed by atoms with Crippen LogP contribution in [0.1, 0.15) is 10.4 Å². The van der Waals surface area contributed by atoms with Crippen molar-refractivity contribution in [3.05, 3.63) is 35.3 Å². The minimum absolute atomic E-state index is 0.266. The molecule has 4 nitrogen and oxygen atoms in total. The van der Waals surface area contributed by atoms with Crippen molar-refractivity contribution in [3.8, 4) is 0 Å². The second-order valence-electron chi connectivity index (χ2n) is 2.01. The van der Waals surface area contributed by atoms with Gasteiger partial charge in [0.1, 0.15) is 11.8 Å². The molecule has 0 aliphatic heterocycles. The third-order valence-corrected chi connectivity index (χ3v) is 1.28. The summed E-state index contributed by atoms with van der Waals surface area (Å²) >= 11 is 0. The number of hydrogen-bond acceptors (Lipinski definition) is 3. The van der Waals surface area contributed by atoms with Gasteiger partial charge in [-0.25, -0.2) is 4.79 Å². The van der Waals surface area contributed by atoms with Crippen LogP contribution < -0.4 is 0 Å². The molecular weight excluding hydrogens is 156 g/mol. The van der Waals surface area contributed by atoms with Gasteiger partial charge in [-0.2, -0.15) is 0 Å². The van der Waals surface area contributed by atoms with Crippen LogP contribution in [0.25, 0.3) is 4.85 Å². The highest BCUT2D eigenvalue weighted by Crippen LogP contribution is 2.08. The Labute approximate surface area is 69.6 Å². The zero-order valence-corrected chi connectivity index (χ0v) is 6.44. The van der Waals surface area contributed by atoms with Gasteiger partial charge in [-0.1, -0.05) is 12.6 Å². The summed E-state index contributed by atoms with van der Waals surface area (Å²) in [6.45, 7) is 6.61. The number of aromatic nitrogens is 1. The Morgan fingerprint density at radius 2 is 2.42 bits per heavy atom. The fourth-order valence-electron chi connectivity index (χ4n) is 0.691. The van der Waals surface area contributed by atoms with Gasteiger partial charge in [-0.05, 0) is 6.07 Å². The first-order chi connectivity index (χ1) is 5.77. The van der Waals surface area contributed by atoms with Crippen LogP contribution in [-0.2, 0) is 4.74 Å². The molecule has 1 aromatic heterocycles. The molecule has 0 amide bonds. The molecule has 0 fully saturated rings. The summed E-state index contributed by atoms with van der Waals surface area (Å²) in [5, 5.41) is 0. The van der Waals surface area contributed by atoms with Crippen LogP contribution in [0.3, 0.4) is 0 Å². The van der Waals surface area contributed by atoms with Crippen LogP contribution in [0.2, 0.25) is 0 Å². The second kappa shape index (κ2) is 3.49. The van der Waals surface area contributed by atoms with Crippen molar-refractivity contribution in [1.29, 1.82) is 0 Å². The molecule has 0 spiro atoms. The van der Waals surface area contributed by atoms with Crippen LogP contribution in [-0.4, -0.2) is 18.1 Å². The Morgan fingerprint density at radius 1 is 1.67 bits per heavy atom. The van der Waals surface area contributed by atoms with Crippen LogP contribution in [0, 0.1) is 6.57 Å². The fraction of sp³-hybridized carbons (Fsp3) is 0.125. The van der Waals surface area contributed by atoms with E-state index in [1.807, 2.05) is 0 Å². The first-order valence-electron chi connectivity index (χ1n) is 3.19. The summed E-state index contributed by atoms with van der Waals surface area (Å²) in [5.74, 6) is -0.179. The highest BCUT2D eigenvalue weighted by atomic mass is 16.5. The van der Waals surface area contributed by atoms with E-state index < -0.39 is 5.97 Å². The number of carbonyl (C=O) groups is 1. The van der Waals surface area contributed by atoms with Crippen molar-refractivity contribution >= 4 is 11.8 Å². The molecule has 0 radical (unpaired) electrons. The first-order valence-corrected chi connectivity index (χ1v) is 3.19. The van der Waals surface area contributed by atoms with Gasteiger partial charge < -0.3 is 9.58 Å². The van der Waals surface area contributed by atoms with Gasteiger partial charge in [0.05, 0.1) is 7.11 Å². The molecule has 1 aromatic rings. The summed E-state index contributed by atoms with van der Waals surface area (Å²) in [6.07, 6.45) is 1.32. The number of rotatable bonds is 1. The number of carbonyl (C=O) groups excluding carboxylic acids is 1. The van der Waals surface area contributed by atoms with Gasteiger partial charge in [0.15, 0.2) is 0 Å². The molecule has 0 atom stereocenters. The van der Waals surface area contributed by atoms with Crippen molar-refractivity contribution < 1.29 is 9.53 Å². The monoisotopic (exact) mass is 162 g/mol. The van der Waals surface area contributed by atoms with Crippen molar-refractivity contribution in [1.82, 2.24) is 4.98 Å². The maximum Gasteiger partial charge on any atom is 0.341 e. The van der Waals surface area contributed by atoms with Gasteiger partial charge in [-0.3, -0.25) is 0 Å². The van der Waals surface area contributed by atoms with Crippen molar-refractivity contribution in [2.24, 2.45) is 0 Å². The van der Waals surface area contributed by atoms with E-state index >= 15 is 0 Å². The molecule has 4 heteroatoms. The predicted molar refractivity (Wildman–Crippen MR) is 41.8 cm³/mol. The zero-order valence-electron chi connectivity index (χ0n) is 6.44. The number of nitrogens with zero attached hydrogens (tertiary/aromatic N) is 2. The second-order valence-corrected chi connectivity index (χ2v) is 2.01. The van der Waals surface area contributed by atoms with E-state index in [4.69, 9.17) is 6.57 Å². The number of pyridine rings is 1. The smallest absolute Gasteiger partial charge is 0.341 e. The maximum absolute atomic E-state index is 10.9. The molecule has 0 unspecified atom stereocenters. The Morgan fingerprint density at radius 3 is 2.83 bits per heavy atom. The Balaban J connectivity index is 2.94. The van der Waals surface area contributed by atoms with E-state index in [-0.39, 0.29) is 5.82 Å². The molecule has 1 heterocycles. The molecule has 0 N–H and O–H groups in total. The average Bonchev–Trinajstić information content (AvgIpc) is 2.17. The lowest BCUT2D eigenvalue weighted by Crippen LogP contribution is -2.00. The number of hydrogen-bond donors (Lipinski definition) is 0. The lowest BCUT2D eigenvalue weighted by Gasteiger charge is -1.94. The zero-order chi connectivity index (χ0) is 8.97. The van der Waals surface area contributed by atoms with Crippen LogP contribution in [0.15, 0.2) is 18.3 Å². The van der Waals surface area contributed by atoms with Crippen molar-refractivity contribution in [2.45, 2.75) is 0 Å². The molecule has 0 aliphatic carbocycles. The van der Waals surface area contributed by atoms with E-state index in [1.54, 1.807) is 0 Å². The van der Waals surface area contributed by atoms with Crippen LogP contribution in [0.5, 0.6) is 0 Å². The molecular formula is C8H6N2O2. The Kier molecular flexibility index (Phi) is 2.38. The maximum atomic E-state index is 10.9. The summed E-state index contributed by atoms with van der Waals surface area (Å²) in [6, 6.07) is 2.98. The molecule has 60 valence electrons. The van der Waals surface area contributed by atoms with Gasteiger partial charge in [0.25, 0.3) is 5.82 Å². The molecule has 12 heavy (non-hydrogen) atoms. The number of ether oxygens (including phenoxy) is 1. The minimum Gasteiger partial charge on any atom is -0.465 e. The molecule has 0 bridgehead atoms. The Hall–Kier alpha value is -1.89. The van der Waals surface area contributed by atoms with E-state index in [1.165, 1.54) is 25.4 Å². The van der Waals surface area contributed by atoms with E-state index in [2.05, 4.69) is 14.6 Å². The van der Waals surface area contributed by atoms with Crippen LogP contribution in [0.4, 0.5) is 5.82 Å². The number of methoxy groups -OCH3 is 1. The first kappa shape index (κ1) is 8.21. The molecule has 0 aliphatic rings. The van der Waals surface area contributed by atoms with E-state index in [9.17, 15) is 4.79 Å².